The van der Waals surface area contributed by atoms with Crippen LogP contribution in [0.4, 0.5) is 4.79 Å². The zero-order chi connectivity index (χ0) is 17.2. The van der Waals surface area contributed by atoms with Gasteiger partial charge in [-0.05, 0) is 40.2 Å². The lowest BCUT2D eigenvalue weighted by molar-refractivity contribution is -0.144. The Kier molecular flexibility index (Phi) is 9.16. The van der Waals surface area contributed by atoms with Crippen molar-refractivity contribution in [1.29, 1.82) is 0 Å². The molecule has 0 aliphatic heterocycles. The van der Waals surface area contributed by atoms with E-state index < -0.39 is 24.2 Å². The summed E-state index contributed by atoms with van der Waals surface area (Å²) >= 11 is 0. The molecule has 0 aliphatic carbocycles. The summed E-state index contributed by atoms with van der Waals surface area (Å²) in [6, 6.07) is 0. The van der Waals surface area contributed by atoms with Crippen molar-refractivity contribution in [2.45, 2.75) is 45.6 Å². The second-order valence-corrected chi connectivity index (χ2v) is 5.88. The fourth-order valence-corrected chi connectivity index (χ4v) is 1.64. The van der Waals surface area contributed by atoms with E-state index in [4.69, 9.17) is 15.6 Å². The Hall–Kier alpha value is -1.83. The van der Waals surface area contributed by atoms with Crippen LogP contribution in [0, 0.1) is 0 Å². The molecule has 0 aromatic rings. The first-order chi connectivity index (χ1) is 10.2. The molecule has 0 radical (unpaired) electrons. The molecule has 0 saturated carbocycles. The Morgan fingerprint density at radius 3 is 2.36 bits per heavy atom. The fourth-order valence-electron chi connectivity index (χ4n) is 1.64. The van der Waals surface area contributed by atoms with Gasteiger partial charge in [-0.3, -0.25) is 9.59 Å². The van der Waals surface area contributed by atoms with Crippen molar-refractivity contribution in [3.05, 3.63) is 0 Å². The second kappa shape index (κ2) is 9.99. The van der Waals surface area contributed by atoms with Gasteiger partial charge in [0.2, 0.25) is 5.91 Å². The summed E-state index contributed by atoms with van der Waals surface area (Å²) in [7, 11) is 0. The number of nitrogens with two attached hydrogens (primary N) is 1. The highest BCUT2D eigenvalue weighted by molar-refractivity contribution is 5.81. The van der Waals surface area contributed by atoms with Crippen molar-refractivity contribution in [3.63, 3.8) is 0 Å². The number of carboxylic acid groups (broad SMARTS) is 1. The zero-order valence-corrected chi connectivity index (χ0v) is 13.6. The number of amides is 2. The predicted octanol–water partition coefficient (Wildman–Crippen LogP) is 0.553. The summed E-state index contributed by atoms with van der Waals surface area (Å²) in [5, 5.41) is 11.3. The molecule has 0 atom stereocenters. The third-order valence-electron chi connectivity index (χ3n) is 2.57. The fraction of sp³-hybridized carbons (Fsp3) is 0.786. The Morgan fingerprint density at radius 1 is 1.23 bits per heavy atom. The third-order valence-corrected chi connectivity index (χ3v) is 2.57. The number of hydrogen-bond acceptors (Lipinski definition) is 5. The van der Waals surface area contributed by atoms with Crippen LogP contribution in [-0.2, 0) is 14.3 Å². The summed E-state index contributed by atoms with van der Waals surface area (Å²) in [5.41, 5.74) is 4.75. The molecule has 0 rings (SSSR count). The number of ether oxygens (including phenoxy) is 1. The number of hydrogen-bond donors (Lipinski definition) is 3. The molecule has 0 heterocycles. The van der Waals surface area contributed by atoms with E-state index in [0.29, 0.717) is 19.4 Å². The van der Waals surface area contributed by atoms with Crippen LogP contribution >= 0.6 is 0 Å². The standard InChI is InChI=1S/C14H27N3O5/c1-14(2,3)22-13(21)16-8-9-17(10-12(19)20)11(18)6-4-5-7-15/h4-10,15H2,1-3H3,(H,16,21)(H,19,20). The van der Waals surface area contributed by atoms with Crippen molar-refractivity contribution in [2.75, 3.05) is 26.2 Å². The molecular formula is C14H27N3O5. The van der Waals surface area contributed by atoms with Crippen LogP contribution < -0.4 is 11.1 Å². The quantitative estimate of drug-likeness (QED) is 0.534. The van der Waals surface area contributed by atoms with Gasteiger partial charge in [-0.2, -0.15) is 0 Å². The van der Waals surface area contributed by atoms with Gasteiger partial charge in [-0.25, -0.2) is 4.79 Å². The van der Waals surface area contributed by atoms with Crippen molar-refractivity contribution >= 4 is 18.0 Å². The molecule has 0 spiro atoms. The Bertz CT molecular complexity index is 379. The number of aliphatic carboxylic acids is 1. The highest BCUT2D eigenvalue weighted by Crippen LogP contribution is 2.06. The van der Waals surface area contributed by atoms with Gasteiger partial charge in [-0.15, -0.1) is 0 Å². The SMILES string of the molecule is CC(C)(C)OC(=O)NCCN(CC(=O)O)C(=O)CCCCN. The molecule has 0 aromatic heterocycles. The van der Waals surface area contributed by atoms with Gasteiger partial charge < -0.3 is 25.8 Å². The number of alkyl carbamates (subject to hydrolysis) is 1. The first kappa shape index (κ1) is 20.2. The number of unbranched alkanes of at least 4 members (excludes halogenated alkanes) is 1. The number of nitrogens with zero attached hydrogens (tertiary/aromatic N) is 1. The van der Waals surface area contributed by atoms with Gasteiger partial charge in [0.15, 0.2) is 0 Å². The van der Waals surface area contributed by atoms with Crippen molar-refractivity contribution in [1.82, 2.24) is 10.2 Å². The largest absolute Gasteiger partial charge is 0.480 e. The lowest BCUT2D eigenvalue weighted by Crippen LogP contribution is -2.42. The number of carbonyl (C=O) groups is 3. The topological polar surface area (TPSA) is 122 Å². The molecule has 8 nitrogen and oxygen atoms in total. The smallest absolute Gasteiger partial charge is 0.407 e. The number of carboxylic acids is 1. The van der Waals surface area contributed by atoms with Crippen LogP contribution in [0.5, 0.6) is 0 Å². The lowest BCUT2D eigenvalue weighted by atomic mass is 10.2. The summed E-state index contributed by atoms with van der Waals surface area (Å²) in [5.74, 6) is -1.36. The average Bonchev–Trinajstić information content (AvgIpc) is 2.35. The van der Waals surface area contributed by atoms with Gasteiger partial charge >= 0.3 is 12.1 Å². The summed E-state index contributed by atoms with van der Waals surface area (Å²) in [6.45, 7) is 5.57. The molecule has 22 heavy (non-hydrogen) atoms. The summed E-state index contributed by atoms with van der Waals surface area (Å²) < 4.78 is 5.06. The normalized spacial score (nSPS) is 10.9. The van der Waals surface area contributed by atoms with Crippen LogP contribution in [0.25, 0.3) is 0 Å². The van der Waals surface area contributed by atoms with Crippen molar-refractivity contribution < 1.29 is 24.2 Å². The van der Waals surface area contributed by atoms with Crippen LogP contribution in [0.15, 0.2) is 0 Å². The van der Waals surface area contributed by atoms with Crippen LogP contribution in [-0.4, -0.2) is 59.8 Å². The monoisotopic (exact) mass is 317 g/mol. The van der Waals surface area contributed by atoms with E-state index in [1.807, 2.05) is 0 Å². The van der Waals surface area contributed by atoms with Gasteiger partial charge in [0.1, 0.15) is 12.1 Å². The number of nitrogens with one attached hydrogen (secondary N) is 1. The molecule has 0 aliphatic rings. The molecule has 4 N–H and O–H groups in total. The average molecular weight is 317 g/mol. The highest BCUT2D eigenvalue weighted by Gasteiger charge is 2.18. The second-order valence-electron chi connectivity index (χ2n) is 5.88. The minimum Gasteiger partial charge on any atom is -0.480 e. The van der Waals surface area contributed by atoms with E-state index in [9.17, 15) is 14.4 Å². The Balaban J connectivity index is 4.27. The van der Waals surface area contributed by atoms with Crippen molar-refractivity contribution in [3.8, 4) is 0 Å². The molecule has 0 fully saturated rings. The molecule has 0 aromatic carbocycles. The molecule has 0 unspecified atom stereocenters. The summed E-state index contributed by atoms with van der Waals surface area (Å²) in [6.07, 6.45) is 0.975. The molecular weight excluding hydrogens is 290 g/mol. The number of carbonyl (C=O) groups excluding carboxylic acids is 2. The lowest BCUT2D eigenvalue weighted by Gasteiger charge is -2.22. The van der Waals surface area contributed by atoms with E-state index in [1.165, 1.54) is 4.90 Å². The van der Waals surface area contributed by atoms with Gasteiger partial charge in [0.25, 0.3) is 0 Å². The minimum atomic E-state index is -1.09. The van der Waals surface area contributed by atoms with Gasteiger partial charge in [-0.1, -0.05) is 0 Å². The maximum absolute atomic E-state index is 11.9. The molecule has 8 heteroatoms. The van der Waals surface area contributed by atoms with Gasteiger partial charge in [0.05, 0.1) is 0 Å². The Labute approximate surface area is 131 Å². The van der Waals surface area contributed by atoms with Crippen LogP contribution in [0.1, 0.15) is 40.0 Å². The van der Waals surface area contributed by atoms with E-state index in [1.54, 1.807) is 20.8 Å². The maximum atomic E-state index is 11.9. The minimum absolute atomic E-state index is 0.118. The molecule has 0 saturated heterocycles. The molecule has 0 bridgehead atoms. The maximum Gasteiger partial charge on any atom is 0.407 e. The molecule has 2 amide bonds. The van der Waals surface area contributed by atoms with Crippen molar-refractivity contribution in [2.24, 2.45) is 5.73 Å². The first-order valence-corrected chi connectivity index (χ1v) is 7.32. The van der Waals surface area contributed by atoms with Crippen LogP contribution in [0.3, 0.4) is 0 Å². The predicted molar refractivity (Wildman–Crippen MR) is 81.4 cm³/mol. The highest BCUT2D eigenvalue weighted by atomic mass is 16.6. The van der Waals surface area contributed by atoms with E-state index in [0.717, 1.165) is 0 Å². The van der Waals surface area contributed by atoms with Crippen LogP contribution in [0.2, 0.25) is 0 Å². The number of rotatable bonds is 9. The van der Waals surface area contributed by atoms with Gasteiger partial charge in [0, 0.05) is 19.5 Å². The van der Waals surface area contributed by atoms with E-state index in [-0.39, 0.29) is 25.4 Å². The molecule has 128 valence electrons. The Morgan fingerprint density at radius 2 is 1.86 bits per heavy atom. The zero-order valence-electron chi connectivity index (χ0n) is 13.6. The first-order valence-electron chi connectivity index (χ1n) is 7.32. The van der Waals surface area contributed by atoms with E-state index >= 15 is 0 Å². The van der Waals surface area contributed by atoms with E-state index in [2.05, 4.69) is 5.32 Å². The summed E-state index contributed by atoms with van der Waals surface area (Å²) in [4.78, 5) is 35.4. The third kappa shape index (κ3) is 10.9.